The van der Waals surface area contributed by atoms with E-state index in [0.717, 1.165) is 17.4 Å². The highest BCUT2D eigenvalue weighted by Crippen LogP contribution is 2.40. The number of aryl methyl sites for hydroxylation is 1. The zero-order valence-electron chi connectivity index (χ0n) is 27.6. The number of piperazine rings is 1. The number of benzene rings is 1. The second-order valence-electron chi connectivity index (χ2n) is 13.9. The van der Waals surface area contributed by atoms with Crippen LogP contribution in [0.5, 0.6) is 0 Å². The molecule has 1 aliphatic rings. The minimum atomic E-state index is -4.12. The molecular weight excluding hydrogens is 641 g/mol. The molecule has 45 heavy (non-hydrogen) atoms. The van der Waals surface area contributed by atoms with Crippen LogP contribution in [0.25, 0.3) is 21.6 Å². The first-order chi connectivity index (χ1) is 20.8. The van der Waals surface area contributed by atoms with Crippen molar-refractivity contribution in [1.29, 1.82) is 0 Å². The second-order valence-corrected chi connectivity index (χ2v) is 22.4. The lowest BCUT2D eigenvalue weighted by atomic mass is 10.1. The lowest BCUT2D eigenvalue weighted by Crippen LogP contribution is -2.50. The Balaban J connectivity index is 1.83. The number of nitrogens with zero attached hydrogens (tertiary/aromatic N) is 7. The summed E-state index contributed by atoms with van der Waals surface area (Å²) in [6, 6.07) is 4.09. The number of ether oxygens (including phenoxy) is 1. The van der Waals surface area contributed by atoms with Crippen LogP contribution >= 0.6 is 11.3 Å². The number of carbonyl (C=O) groups excluding carboxylic acids is 1. The van der Waals surface area contributed by atoms with Gasteiger partial charge in [0.1, 0.15) is 12.4 Å². The smallest absolute Gasteiger partial charge is 0.291 e. The summed E-state index contributed by atoms with van der Waals surface area (Å²) in [7, 11) is -3.79. The van der Waals surface area contributed by atoms with Gasteiger partial charge in [0.05, 0.1) is 16.1 Å². The molecule has 1 amide bonds. The summed E-state index contributed by atoms with van der Waals surface area (Å²) in [5.74, 6) is -0.0577. The fraction of sp³-hybridized carbons (Fsp3) is 0.655. The van der Waals surface area contributed by atoms with Crippen LogP contribution in [-0.2, 0) is 26.6 Å². The average Bonchev–Trinajstić information content (AvgIpc) is 3.56. The normalized spacial score (nSPS) is 15.3. The van der Waals surface area contributed by atoms with Crippen molar-refractivity contribution >= 4 is 51.9 Å². The third-order valence-corrected chi connectivity index (χ3v) is 12.4. The van der Waals surface area contributed by atoms with Gasteiger partial charge in [-0.15, -0.1) is 10.2 Å². The second kappa shape index (κ2) is 13.3. The van der Waals surface area contributed by atoms with E-state index in [9.17, 15) is 22.0 Å². The molecule has 2 aromatic heterocycles. The molecule has 250 valence electrons. The number of aromatic nitrogens is 4. The minimum absolute atomic E-state index is 0.0299. The summed E-state index contributed by atoms with van der Waals surface area (Å²) in [6.07, 6.45) is -2.79. The van der Waals surface area contributed by atoms with Crippen LogP contribution in [0.4, 0.5) is 14.5 Å². The van der Waals surface area contributed by atoms with Gasteiger partial charge >= 0.3 is 0 Å². The number of anilines is 1. The van der Waals surface area contributed by atoms with Crippen molar-refractivity contribution in [2.24, 2.45) is 13.0 Å². The molecular formula is C29H45F2N7O4S2Si. The summed E-state index contributed by atoms with van der Waals surface area (Å²) in [6.45, 7) is 18.2. The van der Waals surface area contributed by atoms with Crippen molar-refractivity contribution in [1.82, 2.24) is 29.2 Å². The molecule has 3 heterocycles. The third-order valence-electron chi connectivity index (χ3n) is 7.69. The Bertz CT molecular complexity index is 1620. The van der Waals surface area contributed by atoms with E-state index in [-0.39, 0.29) is 34.2 Å². The van der Waals surface area contributed by atoms with E-state index in [2.05, 4.69) is 34.9 Å². The number of carbonyl (C=O) groups is 1. The molecule has 11 nitrogen and oxygen atoms in total. The summed E-state index contributed by atoms with van der Waals surface area (Å²) in [4.78, 5) is 16.6. The van der Waals surface area contributed by atoms with Crippen molar-refractivity contribution in [2.75, 3.05) is 44.4 Å². The van der Waals surface area contributed by atoms with Gasteiger partial charge in [-0.2, -0.15) is 9.40 Å². The highest BCUT2D eigenvalue weighted by Gasteiger charge is 2.36. The monoisotopic (exact) mass is 685 g/mol. The molecule has 0 bridgehead atoms. The van der Waals surface area contributed by atoms with Gasteiger partial charge < -0.3 is 14.5 Å². The van der Waals surface area contributed by atoms with Gasteiger partial charge in [0.15, 0.2) is 10.0 Å². The largest absolute Gasteiger partial charge is 0.366 e. The molecule has 4 rings (SSSR count). The molecule has 0 atom stereocenters. The number of hydrogen-bond donors (Lipinski definition) is 0. The number of sulfonamides is 1. The van der Waals surface area contributed by atoms with E-state index in [1.54, 1.807) is 23.9 Å². The molecule has 1 aliphatic heterocycles. The SMILES string of the molecule is CC(C)C(=O)N1CCN(c2cc(S(=O)(=O)N(COCC[Si](C)(C)C)C(C)(C)C)cc3c(-c4nnc(C(F)F)s4)nn(C)c23)CC1. The van der Waals surface area contributed by atoms with Gasteiger partial charge in [-0.3, -0.25) is 9.48 Å². The summed E-state index contributed by atoms with van der Waals surface area (Å²) in [5.41, 5.74) is 0.725. The van der Waals surface area contributed by atoms with Gasteiger partial charge in [0, 0.05) is 64.8 Å². The fourth-order valence-electron chi connectivity index (χ4n) is 5.14. The fourth-order valence-corrected chi connectivity index (χ4v) is 8.31. The molecule has 1 fully saturated rings. The Labute approximate surface area is 269 Å². The summed E-state index contributed by atoms with van der Waals surface area (Å²) in [5, 5.41) is 12.4. The molecule has 0 radical (unpaired) electrons. The highest BCUT2D eigenvalue weighted by molar-refractivity contribution is 7.89. The number of hydrogen-bond acceptors (Lipinski definition) is 9. The number of fused-ring (bicyclic) bond motifs is 1. The summed E-state index contributed by atoms with van der Waals surface area (Å²) < 4.78 is 64.7. The van der Waals surface area contributed by atoms with Gasteiger partial charge in [0.25, 0.3) is 6.43 Å². The van der Waals surface area contributed by atoms with E-state index < -0.39 is 35.1 Å². The maximum absolute atomic E-state index is 14.4. The highest BCUT2D eigenvalue weighted by atomic mass is 32.2. The van der Waals surface area contributed by atoms with E-state index in [4.69, 9.17) is 4.74 Å². The van der Waals surface area contributed by atoms with Crippen LogP contribution in [-0.4, -0.2) is 96.6 Å². The van der Waals surface area contributed by atoms with Crippen molar-refractivity contribution in [3.8, 4) is 10.7 Å². The predicted octanol–water partition coefficient (Wildman–Crippen LogP) is 5.44. The first-order valence-electron chi connectivity index (χ1n) is 15.1. The first-order valence-corrected chi connectivity index (χ1v) is 21.0. The number of halogens is 2. The maximum atomic E-state index is 14.4. The van der Waals surface area contributed by atoms with E-state index in [1.807, 2.05) is 44.4 Å². The number of alkyl halides is 2. The topological polar surface area (TPSA) is 114 Å². The zero-order chi connectivity index (χ0) is 33.5. The van der Waals surface area contributed by atoms with E-state index in [0.29, 0.717) is 49.4 Å². The van der Waals surface area contributed by atoms with Crippen LogP contribution in [0.15, 0.2) is 17.0 Å². The molecule has 0 aliphatic carbocycles. The van der Waals surface area contributed by atoms with Crippen molar-refractivity contribution in [2.45, 2.75) is 77.2 Å². The minimum Gasteiger partial charge on any atom is -0.366 e. The predicted molar refractivity (Wildman–Crippen MR) is 176 cm³/mol. The van der Waals surface area contributed by atoms with Crippen LogP contribution in [0.3, 0.4) is 0 Å². The molecule has 0 unspecified atom stereocenters. The zero-order valence-corrected chi connectivity index (χ0v) is 30.2. The molecule has 1 aromatic carbocycles. The van der Waals surface area contributed by atoms with Crippen molar-refractivity contribution in [3.63, 3.8) is 0 Å². The first kappa shape index (κ1) is 35.3. The van der Waals surface area contributed by atoms with E-state index in [1.165, 1.54) is 4.31 Å². The lowest BCUT2D eigenvalue weighted by molar-refractivity contribution is -0.134. The van der Waals surface area contributed by atoms with Gasteiger partial charge in [-0.1, -0.05) is 44.8 Å². The Hall–Kier alpha value is -2.53. The average molecular weight is 686 g/mol. The standard InChI is InChI=1S/C29H45F2N7O4S2Si/c1-19(2)28(39)37-12-10-36(11-13-37)22-17-20(44(40,41)38(29(3,4)5)18-42-14-15-45(7,8)9)16-21-23(34-35(6)24(21)22)26-32-33-27(43-26)25(30)31/h16-17,19,25H,10-15,18H2,1-9H3. The van der Waals surface area contributed by atoms with E-state index >= 15 is 0 Å². The van der Waals surface area contributed by atoms with Crippen LogP contribution in [0.1, 0.15) is 46.1 Å². The molecule has 0 spiro atoms. The molecule has 16 heteroatoms. The Morgan fingerprint density at radius 1 is 1.11 bits per heavy atom. The summed E-state index contributed by atoms with van der Waals surface area (Å²) >= 11 is 0.727. The maximum Gasteiger partial charge on any atom is 0.291 e. The molecule has 3 aromatic rings. The number of amides is 1. The third kappa shape index (κ3) is 7.89. The van der Waals surface area contributed by atoms with Gasteiger partial charge in [-0.05, 0) is 38.9 Å². The van der Waals surface area contributed by atoms with Gasteiger partial charge in [-0.25, -0.2) is 17.2 Å². The lowest BCUT2D eigenvalue weighted by Gasteiger charge is -2.38. The van der Waals surface area contributed by atoms with Crippen LogP contribution in [0, 0.1) is 5.92 Å². The molecule has 0 saturated carbocycles. The Morgan fingerprint density at radius 3 is 2.29 bits per heavy atom. The Morgan fingerprint density at radius 2 is 1.76 bits per heavy atom. The molecule has 0 N–H and O–H groups in total. The van der Waals surface area contributed by atoms with Crippen LogP contribution < -0.4 is 4.90 Å². The Kier molecular flexibility index (Phi) is 10.4. The van der Waals surface area contributed by atoms with Crippen molar-refractivity contribution in [3.05, 3.63) is 17.1 Å². The number of rotatable bonds is 11. The van der Waals surface area contributed by atoms with Gasteiger partial charge in [0.2, 0.25) is 15.9 Å². The quantitative estimate of drug-likeness (QED) is 0.149. The molecule has 1 saturated heterocycles. The van der Waals surface area contributed by atoms with Crippen LogP contribution in [0.2, 0.25) is 25.7 Å². The van der Waals surface area contributed by atoms with Crippen molar-refractivity contribution < 1.29 is 26.7 Å².